The van der Waals surface area contributed by atoms with Crippen molar-refractivity contribution in [1.82, 2.24) is 0 Å². The number of unbranched alkanes of at least 4 members (excludes halogenated alkanes) is 2. The largest absolute Gasteiger partial charge is 0.377 e. The zero-order chi connectivity index (χ0) is 16.4. The fourth-order valence-electron chi connectivity index (χ4n) is 2.99. The van der Waals surface area contributed by atoms with Crippen LogP contribution in [-0.2, 0) is 17.8 Å². The van der Waals surface area contributed by atoms with E-state index in [-0.39, 0.29) is 0 Å². The summed E-state index contributed by atoms with van der Waals surface area (Å²) in [7, 11) is 0. The van der Waals surface area contributed by atoms with E-state index in [1.54, 1.807) is 0 Å². The molecule has 1 nitrogen and oxygen atoms in total. The Bertz CT molecular complexity index is 530. The van der Waals surface area contributed by atoms with Crippen molar-refractivity contribution in [1.29, 1.82) is 0 Å². The van der Waals surface area contributed by atoms with Crippen LogP contribution in [0.25, 0.3) is 0 Å². The Balaban J connectivity index is 1.54. The first-order valence-electron chi connectivity index (χ1n) is 8.81. The van der Waals surface area contributed by atoms with Gasteiger partial charge in [0.25, 0.3) is 0 Å². The number of hydrogen-bond acceptors (Lipinski definition) is 1. The van der Waals surface area contributed by atoms with Gasteiger partial charge in [-0.2, -0.15) is 0 Å². The molecule has 0 heterocycles. The minimum absolute atomic E-state index is 0.381. The fourth-order valence-corrected chi connectivity index (χ4v) is 2.99. The van der Waals surface area contributed by atoms with Gasteiger partial charge < -0.3 is 4.74 Å². The summed E-state index contributed by atoms with van der Waals surface area (Å²) in [6.07, 6.45) is 6.15. The van der Waals surface area contributed by atoms with Gasteiger partial charge in [-0.05, 0) is 35.8 Å². The molecule has 23 heavy (non-hydrogen) atoms. The van der Waals surface area contributed by atoms with Crippen molar-refractivity contribution in [2.45, 2.75) is 52.6 Å². The van der Waals surface area contributed by atoms with Crippen molar-refractivity contribution < 1.29 is 4.74 Å². The van der Waals surface area contributed by atoms with Crippen LogP contribution in [0, 0.1) is 5.41 Å². The van der Waals surface area contributed by atoms with Gasteiger partial charge in [-0.3, -0.25) is 0 Å². The Hall–Kier alpha value is -1.60. The smallest absolute Gasteiger partial charge is 0.0716 e. The summed E-state index contributed by atoms with van der Waals surface area (Å²) in [4.78, 5) is 0. The predicted molar refractivity (Wildman–Crippen MR) is 98.5 cm³/mol. The molecule has 1 heteroatoms. The van der Waals surface area contributed by atoms with Crippen LogP contribution < -0.4 is 0 Å². The molecule has 0 N–H and O–H groups in total. The highest BCUT2D eigenvalue weighted by Crippen LogP contribution is 2.28. The first kappa shape index (κ1) is 17.7. The standard InChI is InChI=1S/C22H30O/c1-22(2,18-20-12-6-3-7-13-20)16-10-5-11-17-23-19-21-14-8-4-9-15-21/h3-4,6-9,12-15H,5,10-11,16-19H2,1-2H3. The molecule has 0 radical (unpaired) electrons. The van der Waals surface area contributed by atoms with Crippen LogP contribution in [0.1, 0.15) is 50.7 Å². The van der Waals surface area contributed by atoms with Crippen LogP contribution in [0.4, 0.5) is 0 Å². The Labute approximate surface area is 141 Å². The maximum absolute atomic E-state index is 5.75. The van der Waals surface area contributed by atoms with Gasteiger partial charge in [0, 0.05) is 6.61 Å². The first-order chi connectivity index (χ1) is 11.2. The summed E-state index contributed by atoms with van der Waals surface area (Å²) < 4.78 is 5.75. The highest BCUT2D eigenvalue weighted by atomic mass is 16.5. The third-order valence-corrected chi connectivity index (χ3v) is 4.28. The van der Waals surface area contributed by atoms with E-state index in [0.717, 1.165) is 19.6 Å². The molecule has 0 atom stereocenters. The van der Waals surface area contributed by atoms with Crippen molar-refractivity contribution in [3.63, 3.8) is 0 Å². The summed E-state index contributed by atoms with van der Waals surface area (Å²) in [5, 5.41) is 0. The average Bonchev–Trinajstić information content (AvgIpc) is 2.55. The van der Waals surface area contributed by atoms with E-state index in [1.165, 1.54) is 36.8 Å². The van der Waals surface area contributed by atoms with Crippen LogP contribution >= 0.6 is 0 Å². The molecule has 0 aromatic heterocycles. The van der Waals surface area contributed by atoms with E-state index in [9.17, 15) is 0 Å². The lowest BCUT2D eigenvalue weighted by atomic mass is 9.81. The second kappa shape index (κ2) is 9.52. The van der Waals surface area contributed by atoms with Gasteiger partial charge in [-0.25, -0.2) is 0 Å². The highest BCUT2D eigenvalue weighted by Gasteiger charge is 2.17. The molecule has 0 aliphatic rings. The first-order valence-corrected chi connectivity index (χ1v) is 8.81. The van der Waals surface area contributed by atoms with Crippen LogP contribution in [0.15, 0.2) is 60.7 Å². The van der Waals surface area contributed by atoms with Crippen molar-refractivity contribution in [3.8, 4) is 0 Å². The van der Waals surface area contributed by atoms with Gasteiger partial charge in [0.05, 0.1) is 6.61 Å². The van der Waals surface area contributed by atoms with E-state index in [1.807, 2.05) is 6.07 Å². The second-order valence-corrected chi connectivity index (χ2v) is 7.18. The minimum atomic E-state index is 0.381. The molecule has 0 aliphatic carbocycles. The molecule has 0 saturated heterocycles. The van der Waals surface area contributed by atoms with Crippen LogP contribution in [0.2, 0.25) is 0 Å². The van der Waals surface area contributed by atoms with Crippen LogP contribution in [0.5, 0.6) is 0 Å². The average molecular weight is 310 g/mol. The molecule has 0 aliphatic heterocycles. The molecule has 0 unspecified atom stereocenters. The summed E-state index contributed by atoms with van der Waals surface area (Å²) in [6, 6.07) is 21.2. The number of benzene rings is 2. The van der Waals surface area contributed by atoms with E-state index in [2.05, 4.69) is 68.4 Å². The fraction of sp³-hybridized carbons (Fsp3) is 0.455. The highest BCUT2D eigenvalue weighted by molar-refractivity contribution is 5.16. The van der Waals surface area contributed by atoms with E-state index < -0.39 is 0 Å². The maximum Gasteiger partial charge on any atom is 0.0716 e. The minimum Gasteiger partial charge on any atom is -0.377 e. The molecule has 2 rings (SSSR count). The van der Waals surface area contributed by atoms with Crippen molar-refractivity contribution in [3.05, 3.63) is 71.8 Å². The van der Waals surface area contributed by atoms with Gasteiger partial charge >= 0.3 is 0 Å². The Morgan fingerprint density at radius 1 is 0.739 bits per heavy atom. The molecule has 0 saturated carbocycles. The predicted octanol–water partition coefficient (Wildman–Crippen LogP) is 6.03. The summed E-state index contributed by atoms with van der Waals surface area (Å²) in [5.74, 6) is 0. The van der Waals surface area contributed by atoms with E-state index in [0.29, 0.717) is 5.41 Å². The van der Waals surface area contributed by atoms with Crippen molar-refractivity contribution in [2.75, 3.05) is 6.61 Å². The third kappa shape index (κ3) is 7.47. The summed E-state index contributed by atoms with van der Waals surface area (Å²) in [6.45, 7) is 6.37. The zero-order valence-electron chi connectivity index (χ0n) is 14.6. The summed E-state index contributed by atoms with van der Waals surface area (Å²) >= 11 is 0. The number of ether oxygens (including phenoxy) is 1. The maximum atomic E-state index is 5.75. The van der Waals surface area contributed by atoms with Gasteiger partial charge in [-0.1, -0.05) is 87.4 Å². The SMILES string of the molecule is CC(C)(CCCCCOCc1ccccc1)Cc1ccccc1. The molecule has 2 aromatic carbocycles. The lowest BCUT2D eigenvalue weighted by molar-refractivity contribution is 0.116. The number of hydrogen-bond donors (Lipinski definition) is 0. The molecule has 0 bridgehead atoms. The van der Waals surface area contributed by atoms with Crippen molar-refractivity contribution in [2.24, 2.45) is 5.41 Å². The molecule has 2 aromatic rings. The normalized spacial score (nSPS) is 11.6. The molecule has 0 amide bonds. The number of rotatable bonds is 10. The molecule has 0 spiro atoms. The molecular weight excluding hydrogens is 280 g/mol. The van der Waals surface area contributed by atoms with Gasteiger partial charge in [0.2, 0.25) is 0 Å². The quantitative estimate of drug-likeness (QED) is 0.487. The molecular formula is C22H30O. The topological polar surface area (TPSA) is 9.23 Å². The van der Waals surface area contributed by atoms with Crippen molar-refractivity contribution >= 4 is 0 Å². The van der Waals surface area contributed by atoms with E-state index in [4.69, 9.17) is 4.74 Å². The Morgan fingerprint density at radius 3 is 2.00 bits per heavy atom. The van der Waals surface area contributed by atoms with Gasteiger partial charge in [0.15, 0.2) is 0 Å². The van der Waals surface area contributed by atoms with Gasteiger partial charge in [-0.15, -0.1) is 0 Å². The Morgan fingerprint density at radius 2 is 1.35 bits per heavy atom. The van der Waals surface area contributed by atoms with E-state index >= 15 is 0 Å². The Kier molecular flexibility index (Phi) is 7.35. The monoisotopic (exact) mass is 310 g/mol. The summed E-state index contributed by atoms with van der Waals surface area (Å²) in [5.41, 5.74) is 3.09. The zero-order valence-corrected chi connectivity index (χ0v) is 14.6. The lowest BCUT2D eigenvalue weighted by Gasteiger charge is -2.24. The van der Waals surface area contributed by atoms with Crippen LogP contribution in [0.3, 0.4) is 0 Å². The third-order valence-electron chi connectivity index (χ3n) is 4.28. The molecule has 124 valence electrons. The lowest BCUT2D eigenvalue weighted by Crippen LogP contribution is -2.15. The van der Waals surface area contributed by atoms with Crippen LogP contribution in [-0.4, -0.2) is 6.61 Å². The second-order valence-electron chi connectivity index (χ2n) is 7.18. The molecule has 0 fully saturated rings. The van der Waals surface area contributed by atoms with Gasteiger partial charge in [0.1, 0.15) is 0 Å².